The Kier molecular flexibility index (Phi) is 7.15. The SMILES string of the molecule is CCOCCNCC(O)CC(C)(C)C. The molecule has 0 heterocycles. The summed E-state index contributed by atoms with van der Waals surface area (Å²) >= 11 is 0. The summed E-state index contributed by atoms with van der Waals surface area (Å²) in [5.41, 5.74) is 0.195. The van der Waals surface area contributed by atoms with Crippen molar-refractivity contribution in [2.45, 2.75) is 40.2 Å². The fourth-order valence-electron chi connectivity index (χ4n) is 1.34. The minimum absolute atomic E-state index is 0.195. The maximum absolute atomic E-state index is 9.64. The van der Waals surface area contributed by atoms with Crippen LogP contribution in [-0.4, -0.2) is 37.5 Å². The largest absolute Gasteiger partial charge is 0.392 e. The summed E-state index contributed by atoms with van der Waals surface area (Å²) in [6.07, 6.45) is 0.575. The lowest BCUT2D eigenvalue weighted by Gasteiger charge is -2.22. The molecule has 0 bridgehead atoms. The van der Waals surface area contributed by atoms with Crippen LogP contribution in [0.25, 0.3) is 0 Å². The topological polar surface area (TPSA) is 41.5 Å². The van der Waals surface area contributed by atoms with Crippen molar-refractivity contribution in [1.29, 1.82) is 0 Å². The van der Waals surface area contributed by atoms with E-state index in [0.717, 1.165) is 26.2 Å². The third-order valence-corrected chi connectivity index (χ3v) is 1.86. The van der Waals surface area contributed by atoms with Crippen molar-refractivity contribution in [2.24, 2.45) is 5.41 Å². The summed E-state index contributed by atoms with van der Waals surface area (Å²) < 4.78 is 5.17. The number of aliphatic hydroxyl groups is 1. The third kappa shape index (κ3) is 9.96. The van der Waals surface area contributed by atoms with Crippen LogP contribution in [-0.2, 0) is 4.74 Å². The second-order valence-electron chi connectivity index (χ2n) is 4.82. The highest BCUT2D eigenvalue weighted by Crippen LogP contribution is 2.20. The molecule has 0 spiro atoms. The van der Waals surface area contributed by atoms with Gasteiger partial charge in [-0.25, -0.2) is 0 Å². The molecule has 86 valence electrons. The fourth-order valence-corrected chi connectivity index (χ4v) is 1.34. The average Bonchev–Trinajstić information content (AvgIpc) is 2.00. The van der Waals surface area contributed by atoms with Gasteiger partial charge in [-0.2, -0.15) is 0 Å². The summed E-state index contributed by atoms with van der Waals surface area (Å²) in [5.74, 6) is 0. The average molecular weight is 203 g/mol. The number of ether oxygens (including phenoxy) is 1. The minimum Gasteiger partial charge on any atom is -0.392 e. The molecule has 2 N–H and O–H groups in total. The Morgan fingerprint density at radius 1 is 1.36 bits per heavy atom. The summed E-state index contributed by atoms with van der Waals surface area (Å²) in [6.45, 7) is 11.3. The van der Waals surface area contributed by atoms with Crippen molar-refractivity contribution >= 4 is 0 Å². The molecular weight excluding hydrogens is 178 g/mol. The highest BCUT2D eigenvalue weighted by Gasteiger charge is 2.15. The van der Waals surface area contributed by atoms with Crippen LogP contribution in [0.3, 0.4) is 0 Å². The zero-order valence-corrected chi connectivity index (χ0v) is 9.97. The van der Waals surface area contributed by atoms with Crippen LogP contribution < -0.4 is 5.32 Å². The number of rotatable bonds is 7. The number of nitrogens with one attached hydrogen (secondary N) is 1. The lowest BCUT2D eigenvalue weighted by Crippen LogP contribution is -2.32. The zero-order chi connectivity index (χ0) is 11.0. The molecule has 0 aliphatic carbocycles. The van der Waals surface area contributed by atoms with Gasteiger partial charge in [-0.05, 0) is 18.8 Å². The van der Waals surface area contributed by atoms with E-state index in [9.17, 15) is 5.11 Å². The van der Waals surface area contributed by atoms with Gasteiger partial charge >= 0.3 is 0 Å². The van der Waals surface area contributed by atoms with Gasteiger partial charge in [-0.15, -0.1) is 0 Å². The summed E-state index contributed by atoms with van der Waals surface area (Å²) in [4.78, 5) is 0. The minimum atomic E-state index is -0.253. The Bertz CT molecular complexity index is 132. The van der Waals surface area contributed by atoms with Gasteiger partial charge in [-0.3, -0.25) is 0 Å². The van der Waals surface area contributed by atoms with E-state index in [0.29, 0.717) is 6.54 Å². The Morgan fingerprint density at radius 2 is 2.00 bits per heavy atom. The van der Waals surface area contributed by atoms with Gasteiger partial charge in [0.25, 0.3) is 0 Å². The van der Waals surface area contributed by atoms with Crippen LogP contribution in [0.15, 0.2) is 0 Å². The quantitative estimate of drug-likeness (QED) is 0.615. The van der Waals surface area contributed by atoms with Crippen molar-refractivity contribution in [1.82, 2.24) is 5.32 Å². The van der Waals surface area contributed by atoms with Gasteiger partial charge in [0.1, 0.15) is 0 Å². The molecule has 0 saturated carbocycles. The molecule has 3 nitrogen and oxygen atoms in total. The van der Waals surface area contributed by atoms with Crippen molar-refractivity contribution in [3.05, 3.63) is 0 Å². The first-order chi connectivity index (χ1) is 6.45. The van der Waals surface area contributed by atoms with E-state index in [1.54, 1.807) is 0 Å². The Hall–Kier alpha value is -0.120. The molecule has 1 atom stereocenters. The molecule has 0 rings (SSSR count). The van der Waals surface area contributed by atoms with E-state index in [2.05, 4.69) is 26.1 Å². The lowest BCUT2D eigenvalue weighted by atomic mass is 9.89. The molecule has 0 radical (unpaired) electrons. The molecule has 0 aromatic carbocycles. The Morgan fingerprint density at radius 3 is 2.50 bits per heavy atom. The van der Waals surface area contributed by atoms with Crippen molar-refractivity contribution in [2.75, 3.05) is 26.3 Å². The Labute approximate surface area is 87.8 Å². The van der Waals surface area contributed by atoms with Crippen LogP contribution in [0.1, 0.15) is 34.1 Å². The number of hydrogen-bond donors (Lipinski definition) is 2. The van der Waals surface area contributed by atoms with Gasteiger partial charge in [-0.1, -0.05) is 20.8 Å². The van der Waals surface area contributed by atoms with Crippen molar-refractivity contribution < 1.29 is 9.84 Å². The first-order valence-corrected chi connectivity index (χ1v) is 5.42. The summed E-state index contributed by atoms with van der Waals surface area (Å²) in [5, 5.41) is 12.8. The Balaban J connectivity index is 3.31. The molecule has 0 amide bonds. The molecule has 0 aromatic heterocycles. The summed E-state index contributed by atoms with van der Waals surface area (Å²) in [6, 6.07) is 0. The van der Waals surface area contributed by atoms with Gasteiger partial charge in [0.05, 0.1) is 12.7 Å². The number of aliphatic hydroxyl groups excluding tert-OH is 1. The van der Waals surface area contributed by atoms with E-state index >= 15 is 0 Å². The van der Waals surface area contributed by atoms with Crippen LogP contribution in [0.2, 0.25) is 0 Å². The third-order valence-electron chi connectivity index (χ3n) is 1.86. The van der Waals surface area contributed by atoms with Crippen LogP contribution in [0.4, 0.5) is 0 Å². The van der Waals surface area contributed by atoms with Gasteiger partial charge in [0.2, 0.25) is 0 Å². The molecule has 0 aliphatic rings. The molecule has 3 heteroatoms. The van der Waals surface area contributed by atoms with Gasteiger partial charge in [0.15, 0.2) is 0 Å². The molecule has 1 unspecified atom stereocenters. The second-order valence-corrected chi connectivity index (χ2v) is 4.82. The molecule has 14 heavy (non-hydrogen) atoms. The maximum Gasteiger partial charge on any atom is 0.0669 e. The van der Waals surface area contributed by atoms with E-state index in [-0.39, 0.29) is 11.5 Å². The first kappa shape index (κ1) is 13.9. The monoisotopic (exact) mass is 203 g/mol. The van der Waals surface area contributed by atoms with Crippen LogP contribution in [0.5, 0.6) is 0 Å². The van der Waals surface area contributed by atoms with E-state index < -0.39 is 0 Å². The van der Waals surface area contributed by atoms with E-state index in [1.165, 1.54) is 0 Å². The standard InChI is InChI=1S/C11H25NO2/c1-5-14-7-6-12-9-10(13)8-11(2,3)4/h10,12-13H,5-9H2,1-4H3. The molecular formula is C11H25NO2. The smallest absolute Gasteiger partial charge is 0.0669 e. The normalized spacial score (nSPS) is 14.4. The van der Waals surface area contributed by atoms with Crippen LogP contribution >= 0.6 is 0 Å². The molecule has 0 aliphatic heterocycles. The molecule has 0 saturated heterocycles. The van der Waals surface area contributed by atoms with E-state index in [1.807, 2.05) is 6.92 Å². The first-order valence-electron chi connectivity index (χ1n) is 5.42. The van der Waals surface area contributed by atoms with E-state index in [4.69, 9.17) is 4.74 Å². The van der Waals surface area contributed by atoms with Gasteiger partial charge in [0, 0.05) is 19.7 Å². The second kappa shape index (κ2) is 7.21. The highest BCUT2D eigenvalue weighted by atomic mass is 16.5. The van der Waals surface area contributed by atoms with Crippen molar-refractivity contribution in [3.63, 3.8) is 0 Å². The predicted octanol–water partition coefficient (Wildman–Crippen LogP) is 1.41. The number of hydrogen-bond acceptors (Lipinski definition) is 3. The molecule has 0 aromatic rings. The zero-order valence-electron chi connectivity index (χ0n) is 9.97. The lowest BCUT2D eigenvalue weighted by molar-refractivity contribution is 0.111. The summed E-state index contributed by atoms with van der Waals surface area (Å²) in [7, 11) is 0. The molecule has 0 fully saturated rings. The fraction of sp³-hybridized carbons (Fsp3) is 1.00. The van der Waals surface area contributed by atoms with Gasteiger partial charge < -0.3 is 15.2 Å². The predicted molar refractivity (Wildman–Crippen MR) is 59.4 cm³/mol. The highest BCUT2D eigenvalue weighted by molar-refractivity contribution is 4.69. The maximum atomic E-state index is 9.64. The van der Waals surface area contributed by atoms with Crippen LogP contribution in [0, 0.1) is 5.41 Å². The van der Waals surface area contributed by atoms with Crippen molar-refractivity contribution in [3.8, 4) is 0 Å².